The lowest BCUT2D eigenvalue weighted by Crippen LogP contribution is -2.38. The minimum absolute atomic E-state index is 0.153. The molecule has 42 heavy (non-hydrogen) atoms. The van der Waals surface area contributed by atoms with E-state index < -0.39 is 17.9 Å². The predicted molar refractivity (Wildman–Crippen MR) is 166 cm³/mol. The second kappa shape index (κ2) is 16.5. The Morgan fingerprint density at radius 1 is 0.929 bits per heavy atom. The summed E-state index contributed by atoms with van der Waals surface area (Å²) < 4.78 is 10.9. The van der Waals surface area contributed by atoms with Gasteiger partial charge in [-0.25, -0.2) is 0 Å². The highest BCUT2D eigenvalue weighted by atomic mass is 16.5. The van der Waals surface area contributed by atoms with Crippen molar-refractivity contribution >= 4 is 11.8 Å². The maximum absolute atomic E-state index is 13.9. The Bertz CT molecular complexity index is 1290. The highest BCUT2D eigenvalue weighted by Crippen LogP contribution is 2.32. The van der Waals surface area contributed by atoms with Crippen LogP contribution in [0.1, 0.15) is 70.0 Å². The minimum Gasteiger partial charge on any atom is -0.497 e. The van der Waals surface area contributed by atoms with Gasteiger partial charge in [-0.3, -0.25) is 9.59 Å². The summed E-state index contributed by atoms with van der Waals surface area (Å²) >= 11 is 0. The number of ether oxygens (including phenoxy) is 2. The van der Waals surface area contributed by atoms with E-state index >= 15 is 0 Å². The SMILES string of the molecule is CCCN(CCC)C(=O)c1cccc(C(N)=O)c1[C@H](Cc1ccccc1)C(O)CNCCc1cc(OC)ccc1OC. The van der Waals surface area contributed by atoms with Crippen LogP contribution in [-0.2, 0) is 12.8 Å². The molecule has 0 aliphatic carbocycles. The van der Waals surface area contributed by atoms with Gasteiger partial charge in [-0.05, 0) is 79.3 Å². The summed E-state index contributed by atoms with van der Waals surface area (Å²) in [5.74, 6) is 0.177. The average Bonchev–Trinajstić information content (AvgIpc) is 3.01. The van der Waals surface area contributed by atoms with Gasteiger partial charge in [-0.15, -0.1) is 0 Å². The van der Waals surface area contributed by atoms with E-state index in [1.54, 1.807) is 32.4 Å². The van der Waals surface area contributed by atoms with Crippen LogP contribution in [0.25, 0.3) is 0 Å². The van der Waals surface area contributed by atoms with E-state index in [2.05, 4.69) is 5.32 Å². The fourth-order valence-corrected chi connectivity index (χ4v) is 5.38. The number of aliphatic hydroxyl groups excluding tert-OH is 1. The van der Waals surface area contributed by atoms with Gasteiger partial charge in [-0.1, -0.05) is 50.2 Å². The molecule has 8 heteroatoms. The molecule has 0 fully saturated rings. The summed E-state index contributed by atoms with van der Waals surface area (Å²) in [5, 5.41) is 15.0. The monoisotopic (exact) mass is 575 g/mol. The van der Waals surface area contributed by atoms with Crippen molar-refractivity contribution in [2.24, 2.45) is 5.73 Å². The number of methoxy groups -OCH3 is 2. The molecule has 3 aromatic carbocycles. The van der Waals surface area contributed by atoms with E-state index in [1.807, 2.05) is 67.3 Å². The molecule has 1 unspecified atom stereocenters. The highest BCUT2D eigenvalue weighted by Gasteiger charge is 2.31. The van der Waals surface area contributed by atoms with Gasteiger partial charge < -0.3 is 30.5 Å². The van der Waals surface area contributed by atoms with E-state index in [0.717, 1.165) is 35.5 Å². The number of primary amides is 1. The summed E-state index contributed by atoms with van der Waals surface area (Å²) in [6.45, 7) is 6.10. The van der Waals surface area contributed by atoms with Crippen LogP contribution in [0.3, 0.4) is 0 Å². The molecular formula is C34H45N3O5. The van der Waals surface area contributed by atoms with Crippen LogP contribution in [0.2, 0.25) is 0 Å². The zero-order chi connectivity index (χ0) is 30.5. The highest BCUT2D eigenvalue weighted by molar-refractivity contribution is 6.02. The molecule has 2 amide bonds. The normalized spacial score (nSPS) is 12.4. The van der Waals surface area contributed by atoms with Gasteiger partial charge in [0.25, 0.3) is 5.91 Å². The van der Waals surface area contributed by atoms with Crippen LogP contribution in [-0.4, -0.2) is 68.3 Å². The summed E-state index contributed by atoms with van der Waals surface area (Å²) in [5.41, 5.74) is 9.00. The molecule has 0 aromatic heterocycles. The summed E-state index contributed by atoms with van der Waals surface area (Å²) in [7, 11) is 3.26. The Balaban J connectivity index is 1.94. The van der Waals surface area contributed by atoms with E-state index in [-0.39, 0.29) is 18.0 Å². The Labute approximate surface area is 249 Å². The molecule has 0 bridgehead atoms. The second-order valence-electron chi connectivity index (χ2n) is 10.4. The Kier molecular flexibility index (Phi) is 12.8. The van der Waals surface area contributed by atoms with Crippen LogP contribution in [0.5, 0.6) is 11.5 Å². The number of benzene rings is 3. The lowest BCUT2D eigenvalue weighted by molar-refractivity contribution is 0.0751. The van der Waals surface area contributed by atoms with Gasteiger partial charge >= 0.3 is 0 Å². The molecule has 226 valence electrons. The van der Waals surface area contributed by atoms with Crippen molar-refractivity contribution in [3.8, 4) is 11.5 Å². The number of amides is 2. The van der Waals surface area contributed by atoms with Crippen LogP contribution in [0.4, 0.5) is 0 Å². The van der Waals surface area contributed by atoms with Crippen molar-refractivity contribution in [2.45, 2.75) is 51.6 Å². The van der Waals surface area contributed by atoms with Crippen molar-refractivity contribution in [3.05, 3.63) is 94.5 Å². The molecule has 0 saturated carbocycles. The maximum Gasteiger partial charge on any atom is 0.254 e. The van der Waals surface area contributed by atoms with Gasteiger partial charge in [0.2, 0.25) is 5.91 Å². The molecular weight excluding hydrogens is 530 g/mol. The first kappa shape index (κ1) is 32.6. The topological polar surface area (TPSA) is 114 Å². The third-order valence-corrected chi connectivity index (χ3v) is 7.42. The smallest absolute Gasteiger partial charge is 0.254 e. The summed E-state index contributed by atoms with van der Waals surface area (Å²) in [6.07, 6.45) is 1.81. The number of hydrogen-bond donors (Lipinski definition) is 3. The molecule has 0 aliphatic rings. The zero-order valence-corrected chi connectivity index (χ0v) is 25.3. The van der Waals surface area contributed by atoms with E-state index in [9.17, 15) is 14.7 Å². The summed E-state index contributed by atoms with van der Waals surface area (Å²) in [6, 6.07) is 20.5. The number of nitrogens with zero attached hydrogens (tertiary/aromatic N) is 1. The largest absolute Gasteiger partial charge is 0.497 e. The van der Waals surface area contributed by atoms with Gasteiger partial charge in [-0.2, -0.15) is 0 Å². The number of aliphatic hydroxyl groups is 1. The van der Waals surface area contributed by atoms with Crippen LogP contribution in [0.15, 0.2) is 66.7 Å². The first-order valence-corrected chi connectivity index (χ1v) is 14.7. The number of rotatable bonds is 17. The van der Waals surface area contributed by atoms with Crippen molar-refractivity contribution in [1.29, 1.82) is 0 Å². The molecule has 4 N–H and O–H groups in total. The Morgan fingerprint density at radius 2 is 1.62 bits per heavy atom. The van der Waals surface area contributed by atoms with Crippen molar-refractivity contribution in [3.63, 3.8) is 0 Å². The van der Waals surface area contributed by atoms with Crippen LogP contribution in [0, 0.1) is 0 Å². The van der Waals surface area contributed by atoms with Crippen LogP contribution < -0.4 is 20.5 Å². The third kappa shape index (κ3) is 8.57. The first-order chi connectivity index (χ1) is 20.3. The molecule has 0 aliphatic heterocycles. The van der Waals surface area contributed by atoms with Crippen molar-refractivity contribution < 1.29 is 24.2 Å². The average molecular weight is 576 g/mol. The zero-order valence-electron chi connectivity index (χ0n) is 25.3. The lowest BCUT2D eigenvalue weighted by Gasteiger charge is -2.30. The van der Waals surface area contributed by atoms with E-state index in [0.29, 0.717) is 43.6 Å². The lowest BCUT2D eigenvalue weighted by atomic mass is 9.81. The number of carbonyl (C=O) groups excluding carboxylic acids is 2. The second-order valence-corrected chi connectivity index (χ2v) is 10.4. The number of carbonyl (C=O) groups is 2. The van der Waals surface area contributed by atoms with Gasteiger partial charge in [0.05, 0.1) is 20.3 Å². The standard InChI is InChI=1S/C34H45N3O5/c1-5-19-37(20-6-2)34(40)28-14-10-13-27(33(35)39)32(28)29(21-24-11-8-7-9-12-24)30(38)23-36-18-17-25-22-26(41-3)15-16-31(25)42-4/h7-16,22,29-30,36,38H,5-6,17-21,23H2,1-4H3,(H2,35,39)/t29-,30?/m1/s1. The molecule has 8 nitrogen and oxygen atoms in total. The van der Waals surface area contributed by atoms with Crippen molar-refractivity contribution in [1.82, 2.24) is 10.2 Å². The van der Waals surface area contributed by atoms with Crippen LogP contribution >= 0.6 is 0 Å². The molecule has 0 radical (unpaired) electrons. The van der Waals surface area contributed by atoms with Gasteiger partial charge in [0.15, 0.2) is 0 Å². The minimum atomic E-state index is -0.907. The Morgan fingerprint density at radius 3 is 2.24 bits per heavy atom. The van der Waals surface area contributed by atoms with Crippen molar-refractivity contribution in [2.75, 3.05) is 40.4 Å². The van der Waals surface area contributed by atoms with E-state index in [1.165, 1.54) is 0 Å². The van der Waals surface area contributed by atoms with E-state index in [4.69, 9.17) is 15.2 Å². The molecule has 3 rings (SSSR count). The van der Waals surface area contributed by atoms with Gasteiger partial charge in [0, 0.05) is 36.7 Å². The predicted octanol–water partition coefficient (Wildman–Crippen LogP) is 4.58. The molecule has 2 atom stereocenters. The molecule has 0 spiro atoms. The Hall–Kier alpha value is -3.88. The maximum atomic E-state index is 13.9. The molecule has 3 aromatic rings. The van der Waals surface area contributed by atoms with Gasteiger partial charge in [0.1, 0.15) is 11.5 Å². The third-order valence-electron chi connectivity index (χ3n) is 7.42. The number of nitrogens with two attached hydrogens (primary N) is 1. The number of hydrogen-bond acceptors (Lipinski definition) is 6. The first-order valence-electron chi connectivity index (χ1n) is 14.7. The summed E-state index contributed by atoms with van der Waals surface area (Å²) in [4.78, 5) is 28.4. The fraction of sp³-hybridized carbons (Fsp3) is 0.412. The molecule has 0 saturated heterocycles. The quantitative estimate of drug-likeness (QED) is 0.203. The molecule has 0 heterocycles. The number of nitrogens with one attached hydrogen (secondary N) is 1. The fourth-order valence-electron chi connectivity index (χ4n) is 5.38.